The lowest BCUT2D eigenvalue weighted by Crippen LogP contribution is -2.13. The van der Waals surface area contributed by atoms with Crippen molar-refractivity contribution in [1.29, 1.82) is 0 Å². The molecule has 1 aromatic rings. The Morgan fingerprint density at radius 3 is 3.06 bits per heavy atom. The van der Waals surface area contributed by atoms with Gasteiger partial charge in [-0.1, -0.05) is 5.16 Å². The molecule has 1 N–H and O–H groups in total. The zero-order valence-electron chi connectivity index (χ0n) is 10.0. The number of nitrogens with one attached hydrogen (secondary N) is 1. The molecule has 2 atom stereocenters. The van der Waals surface area contributed by atoms with Crippen LogP contribution in [0.25, 0.3) is 0 Å². The van der Waals surface area contributed by atoms with Gasteiger partial charge in [0, 0.05) is 5.92 Å². The molecular weight excluding hydrogens is 234 g/mol. The van der Waals surface area contributed by atoms with Crippen LogP contribution in [0.15, 0.2) is 4.52 Å². The number of thioether (sulfide) groups is 1. The maximum absolute atomic E-state index is 5.41. The molecule has 0 bridgehead atoms. The monoisotopic (exact) mass is 253 g/mol. The molecule has 3 rings (SSSR count). The average Bonchev–Trinajstić information content (AvgIpc) is 2.95. The second-order valence-electron chi connectivity index (χ2n) is 4.88. The highest BCUT2D eigenvalue weighted by molar-refractivity contribution is 7.99. The van der Waals surface area contributed by atoms with Crippen LogP contribution in [0.5, 0.6) is 0 Å². The predicted molar refractivity (Wildman–Crippen MR) is 68.2 cm³/mol. The zero-order chi connectivity index (χ0) is 11.5. The Bertz CT molecular complexity index is 354. The van der Waals surface area contributed by atoms with E-state index in [0.29, 0.717) is 12.0 Å². The molecule has 2 fully saturated rings. The highest BCUT2D eigenvalue weighted by atomic mass is 32.2. The van der Waals surface area contributed by atoms with E-state index in [2.05, 4.69) is 15.5 Å². The maximum atomic E-state index is 5.41. The van der Waals surface area contributed by atoms with Crippen LogP contribution in [0.4, 0.5) is 0 Å². The van der Waals surface area contributed by atoms with Gasteiger partial charge in [-0.3, -0.25) is 0 Å². The fourth-order valence-electron chi connectivity index (χ4n) is 2.61. The van der Waals surface area contributed by atoms with Crippen molar-refractivity contribution in [3.8, 4) is 0 Å². The summed E-state index contributed by atoms with van der Waals surface area (Å²) in [7, 11) is 0. The van der Waals surface area contributed by atoms with Gasteiger partial charge in [0.2, 0.25) is 5.89 Å². The molecule has 0 aliphatic carbocycles. The van der Waals surface area contributed by atoms with Crippen LogP contribution in [-0.4, -0.2) is 28.2 Å². The number of hydrogen-bond donors (Lipinski definition) is 1. The third-order valence-electron chi connectivity index (χ3n) is 3.63. The Hall–Kier alpha value is -0.550. The quantitative estimate of drug-likeness (QED) is 0.877. The van der Waals surface area contributed by atoms with Crippen molar-refractivity contribution in [1.82, 2.24) is 15.5 Å². The van der Waals surface area contributed by atoms with Crippen LogP contribution in [0.1, 0.15) is 55.8 Å². The summed E-state index contributed by atoms with van der Waals surface area (Å²) in [5, 5.41) is 7.59. The largest absolute Gasteiger partial charge is 0.338 e. The van der Waals surface area contributed by atoms with Crippen LogP contribution in [-0.2, 0) is 0 Å². The van der Waals surface area contributed by atoms with Crippen molar-refractivity contribution >= 4 is 11.8 Å². The first-order chi connectivity index (χ1) is 8.43. The number of nitrogens with zero attached hydrogens (tertiary/aromatic N) is 2. The second kappa shape index (κ2) is 5.40. The van der Waals surface area contributed by atoms with Gasteiger partial charge in [0.15, 0.2) is 5.82 Å². The summed E-state index contributed by atoms with van der Waals surface area (Å²) in [5.41, 5.74) is 0. The van der Waals surface area contributed by atoms with Crippen LogP contribution in [0.3, 0.4) is 0 Å². The molecule has 0 saturated carbocycles. The minimum absolute atomic E-state index is 0.302. The van der Waals surface area contributed by atoms with Crippen LogP contribution >= 0.6 is 11.8 Å². The van der Waals surface area contributed by atoms with Gasteiger partial charge >= 0.3 is 0 Å². The molecule has 5 heteroatoms. The van der Waals surface area contributed by atoms with Crippen molar-refractivity contribution in [3.05, 3.63) is 11.7 Å². The van der Waals surface area contributed by atoms with Gasteiger partial charge in [0.1, 0.15) is 0 Å². The fourth-order valence-corrected chi connectivity index (χ4v) is 3.64. The number of hydrogen-bond acceptors (Lipinski definition) is 5. The molecule has 3 heterocycles. The van der Waals surface area contributed by atoms with E-state index in [1.807, 2.05) is 11.8 Å². The molecule has 0 unspecified atom stereocenters. The summed E-state index contributed by atoms with van der Waals surface area (Å²) < 4.78 is 5.41. The first kappa shape index (κ1) is 11.5. The number of rotatable bonds is 2. The lowest BCUT2D eigenvalue weighted by Gasteiger charge is -2.07. The lowest BCUT2D eigenvalue weighted by atomic mass is 10.0. The Kier molecular flexibility index (Phi) is 3.66. The van der Waals surface area contributed by atoms with E-state index in [1.54, 1.807) is 0 Å². The lowest BCUT2D eigenvalue weighted by molar-refractivity contribution is 0.338. The molecule has 1 aromatic heterocycles. The number of aromatic nitrogens is 2. The molecule has 2 aliphatic heterocycles. The van der Waals surface area contributed by atoms with Gasteiger partial charge in [-0.25, -0.2) is 0 Å². The van der Waals surface area contributed by atoms with E-state index in [0.717, 1.165) is 24.7 Å². The highest BCUT2D eigenvalue weighted by Gasteiger charge is 2.25. The molecular formula is C12H19N3OS. The maximum Gasteiger partial charge on any atom is 0.243 e. The summed E-state index contributed by atoms with van der Waals surface area (Å²) in [6.07, 6.45) is 6.03. The predicted octanol–water partition coefficient (Wildman–Crippen LogP) is 2.49. The topological polar surface area (TPSA) is 51.0 Å². The Morgan fingerprint density at radius 2 is 2.18 bits per heavy atom. The highest BCUT2D eigenvalue weighted by Crippen LogP contribution is 2.30. The van der Waals surface area contributed by atoms with Gasteiger partial charge < -0.3 is 9.84 Å². The first-order valence-corrected chi connectivity index (χ1v) is 7.73. The minimum Gasteiger partial charge on any atom is -0.338 e. The Morgan fingerprint density at radius 1 is 1.18 bits per heavy atom. The van der Waals surface area contributed by atoms with Gasteiger partial charge in [-0.05, 0) is 50.2 Å². The van der Waals surface area contributed by atoms with Crippen molar-refractivity contribution in [2.45, 2.75) is 44.1 Å². The first-order valence-electron chi connectivity index (χ1n) is 6.58. The normalized spacial score (nSPS) is 30.4. The average molecular weight is 253 g/mol. The van der Waals surface area contributed by atoms with E-state index in [-0.39, 0.29) is 0 Å². The summed E-state index contributed by atoms with van der Waals surface area (Å²) >= 11 is 2.05. The van der Waals surface area contributed by atoms with Gasteiger partial charge in [0.05, 0.1) is 6.04 Å². The molecule has 2 aliphatic rings. The SMILES string of the molecule is C1CSCC[C@@H](c2noc([C@@H]3CCCN3)n2)C1. The molecule has 17 heavy (non-hydrogen) atoms. The molecule has 0 spiro atoms. The fraction of sp³-hybridized carbons (Fsp3) is 0.833. The van der Waals surface area contributed by atoms with Crippen LogP contribution in [0.2, 0.25) is 0 Å². The third-order valence-corrected chi connectivity index (χ3v) is 4.73. The van der Waals surface area contributed by atoms with E-state index in [1.165, 1.54) is 37.2 Å². The molecule has 0 aromatic carbocycles. The molecule has 94 valence electrons. The summed E-state index contributed by atoms with van der Waals surface area (Å²) in [4.78, 5) is 4.61. The molecule has 4 nitrogen and oxygen atoms in total. The van der Waals surface area contributed by atoms with Gasteiger partial charge in [-0.15, -0.1) is 0 Å². The van der Waals surface area contributed by atoms with E-state index >= 15 is 0 Å². The van der Waals surface area contributed by atoms with E-state index in [4.69, 9.17) is 4.52 Å². The van der Waals surface area contributed by atoms with Crippen LogP contribution in [0, 0.1) is 0 Å². The third kappa shape index (κ3) is 2.65. The summed E-state index contributed by atoms with van der Waals surface area (Å²) in [6, 6.07) is 0.302. The summed E-state index contributed by atoms with van der Waals surface area (Å²) in [6.45, 7) is 1.07. The smallest absolute Gasteiger partial charge is 0.243 e. The van der Waals surface area contributed by atoms with E-state index < -0.39 is 0 Å². The minimum atomic E-state index is 0.302. The Labute approximate surface area is 106 Å². The van der Waals surface area contributed by atoms with Crippen molar-refractivity contribution in [3.63, 3.8) is 0 Å². The second-order valence-corrected chi connectivity index (χ2v) is 6.10. The van der Waals surface area contributed by atoms with Crippen molar-refractivity contribution < 1.29 is 4.52 Å². The van der Waals surface area contributed by atoms with E-state index in [9.17, 15) is 0 Å². The molecule has 0 radical (unpaired) electrons. The van der Waals surface area contributed by atoms with Crippen LogP contribution < -0.4 is 5.32 Å². The molecule has 2 saturated heterocycles. The standard InChI is InChI=1S/C12H19N3OS/c1-4-10(13-6-1)12-14-11(15-16-12)9-3-2-7-17-8-5-9/h9-10,13H,1-8H2/t9-,10-/m0/s1. The van der Waals surface area contributed by atoms with Crippen molar-refractivity contribution in [2.24, 2.45) is 0 Å². The Balaban J connectivity index is 1.70. The summed E-state index contributed by atoms with van der Waals surface area (Å²) in [5.74, 6) is 4.77. The van der Waals surface area contributed by atoms with Gasteiger partial charge in [0.25, 0.3) is 0 Å². The van der Waals surface area contributed by atoms with Gasteiger partial charge in [-0.2, -0.15) is 16.7 Å². The molecule has 0 amide bonds. The zero-order valence-corrected chi connectivity index (χ0v) is 10.8. The van der Waals surface area contributed by atoms with Crippen molar-refractivity contribution in [2.75, 3.05) is 18.1 Å².